The zero-order chi connectivity index (χ0) is 8.36. The maximum Gasteiger partial charge on any atom is 0.326 e. The van der Waals surface area contributed by atoms with Crippen molar-refractivity contribution in [3.05, 3.63) is 0 Å². The molecule has 0 aliphatic heterocycles. The van der Waals surface area contributed by atoms with E-state index < -0.39 is 17.6 Å². The number of rotatable bonds is 3. The van der Waals surface area contributed by atoms with Crippen molar-refractivity contribution < 1.29 is 15.0 Å². The van der Waals surface area contributed by atoms with E-state index in [9.17, 15) is 4.79 Å². The predicted molar refractivity (Wildman–Crippen MR) is 36.5 cm³/mol. The van der Waals surface area contributed by atoms with E-state index in [-0.39, 0.29) is 0 Å². The second-order valence-corrected chi connectivity index (χ2v) is 2.51. The van der Waals surface area contributed by atoms with Crippen LogP contribution in [0.3, 0.4) is 0 Å². The molecule has 60 valence electrons. The molecule has 0 unspecified atom stereocenters. The third kappa shape index (κ3) is 1.68. The van der Waals surface area contributed by atoms with Gasteiger partial charge in [-0.05, 0) is 13.3 Å². The Balaban J connectivity index is 4.23. The van der Waals surface area contributed by atoms with Crippen LogP contribution in [0, 0.1) is 0 Å². The average molecular weight is 147 g/mol. The van der Waals surface area contributed by atoms with Gasteiger partial charge in [0.05, 0.1) is 6.10 Å². The standard InChI is InChI=1S/C6H13NO3/c1-3-4(8)6(2,7)5(9)10/h4,8H,3,7H2,1-2H3,(H,9,10)/t4-,6+/m1/s1. The largest absolute Gasteiger partial charge is 0.480 e. The molecular weight excluding hydrogens is 134 g/mol. The number of hydrogen-bond donors (Lipinski definition) is 3. The smallest absolute Gasteiger partial charge is 0.326 e. The van der Waals surface area contributed by atoms with Gasteiger partial charge in [0.1, 0.15) is 5.54 Å². The number of aliphatic carboxylic acids is 1. The Labute approximate surface area is 59.7 Å². The molecule has 0 amide bonds. The lowest BCUT2D eigenvalue weighted by molar-refractivity contribution is -0.147. The molecule has 0 aliphatic carbocycles. The zero-order valence-electron chi connectivity index (χ0n) is 6.16. The quantitative estimate of drug-likeness (QED) is 0.505. The van der Waals surface area contributed by atoms with E-state index in [4.69, 9.17) is 15.9 Å². The van der Waals surface area contributed by atoms with Crippen LogP contribution in [-0.2, 0) is 4.79 Å². The van der Waals surface area contributed by atoms with Gasteiger partial charge in [-0.1, -0.05) is 6.92 Å². The number of carboxylic acid groups (broad SMARTS) is 1. The van der Waals surface area contributed by atoms with Crippen LogP contribution in [0.1, 0.15) is 20.3 Å². The Hall–Kier alpha value is -0.610. The highest BCUT2D eigenvalue weighted by molar-refractivity contribution is 5.78. The maximum atomic E-state index is 10.3. The fourth-order valence-corrected chi connectivity index (χ4v) is 0.567. The Morgan fingerprint density at radius 1 is 1.80 bits per heavy atom. The van der Waals surface area contributed by atoms with Crippen molar-refractivity contribution in [3.8, 4) is 0 Å². The summed E-state index contributed by atoms with van der Waals surface area (Å²) < 4.78 is 0. The second-order valence-electron chi connectivity index (χ2n) is 2.51. The Bertz CT molecular complexity index is 133. The summed E-state index contributed by atoms with van der Waals surface area (Å²) in [6, 6.07) is 0. The van der Waals surface area contributed by atoms with Crippen LogP contribution >= 0.6 is 0 Å². The van der Waals surface area contributed by atoms with E-state index >= 15 is 0 Å². The number of carbonyl (C=O) groups is 1. The zero-order valence-corrected chi connectivity index (χ0v) is 6.16. The fraction of sp³-hybridized carbons (Fsp3) is 0.833. The van der Waals surface area contributed by atoms with Gasteiger partial charge in [-0.15, -0.1) is 0 Å². The molecule has 0 spiro atoms. The topological polar surface area (TPSA) is 83.5 Å². The normalized spacial score (nSPS) is 19.6. The molecule has 2 atom stereocenters. The van der Waals surface area contributed by atoms with Gasteiger partial charge >= 0.3 is 5.97 Å². The highest BCUT2D eigenvalue weighted by atomic mass is 16.4. The lowest BCUT2D eigenvalue weighted by atomic mass is 9.95. The van der Waals surface area contributed by atoms with Gasteiger partial charge < -0.3 is 15.9 Å². The van der Waals surface area contributed by atoms with Crippen LogP contribution in [0.4, 0.5) is 0 Å². The Morgan fingerprint density at radius 3 is 2.30 bits per heavy atom. The molecule has 0 rings (SSSR count). The first kappa shape index (κ1) is 9.39. The lowest BCUT2D eigenvalue weighted by Gasteiger charge is -2.24. The Morgan fingerprint density at radius 2 is 2.20 bits per heavy atom. The van der Waals surface area contributed by atoms with Crippen molar-refractivity contribution in [2.75, 3.05) is 0 Å². The van der Waals surface area contributed by atoms with E-state index in [1.54, 1.807) is 6.92 Å². The second kappa shape index (κ2) is 2.98. The van der Waals surface area contributed by atoms with Gasteiger partial charge in [0.15, 0.2) is 0 Å². The minimum Gasteiger partial charge on any atom is -0.480 e. The molecule has 0 saturated heterocycles. The molecular formula is C6H13NO3. The van der Waals surface area contributed by atoms with Crippen LogP contribution in [-0.4, -0.2) is 27.8 Å². The van der Waals surface area contributed by atoms with E-state index in [0.29, 0.717) is 6.42 Å². The summed E-state index contributed by atoms with van der Waals surface area (Å²) in [4.78, 5) is 10.3. The summed E-state index contributed by atoms with van der Waals surface area (Å²) in [6.45, 7) is 2.97. The summed E-state index contributed by atoms with van der Waals surface area (Å²) in [7, 11) is 0. The molecule has 4 nitrogen and oxygen atoms in total. The van der Waals surface area contributed by atoms with Crippen molar-refractivity contribution >= 4 is 5.97 Å². The summed E-state index contributed by atoms with van der Waals surface area (Å²) in [5, 5.41) is 17.5. The minimum atomic E-state index is -1.52. The van der Waals surface area contributed by atoms with E-state index in [0.717, 1.165) is 0 Å². The Kier molecular flexibility index (Phi) is 2.80. The van der Waals surface area contributed by atoms with Crippen molar-refractivity contribution in [2.24, 2.45) is 5.73 Å². The van der Waals surface area contributed by atoms with E-state index in [1.807, 2.05) is 0 Å². The minimum absolute atomic E-state index is 0.347. The molecule has 0 aromatic carbocycles. The van der Waals surface area contributed by atoms with E-state index in [2.05, 4.69) is 0 Å². The number of aliphatic hydroxyl groups is 1. The van der Waals surface area contributed by atoms with Crippen LogP contribution in [0.2, 0.25) is 0 Å². The molecule has 0 aliphatic rings. The van der Waals surface area contributed by atoms with Crippen LogP contribution in [0.15, 0.2) is 0 Å². The van der Waals surface area contributed by atoms with E-state index in [1.165, 1.54) is 6.92 Å². The molecule has 0 radical (unpaired) electrons. The number of hydrogen-bond acceptors (Lipinski definition) is 3. The SMILES string of the molecule is CC[C@@H](O)[C@](C)(N)C(=O)O. The monoisotopic (exact) mass is 147 g/mol. The molecule has 4 heteroatoms. The molecule has 0 fully saturated rings. The number of nitrogens with two attached hydrogens (primary N) is 1. The van der Waals surface area contributed by atoms with Crippen molar-refractivity contribution in [1.82, 2.24) is 0 Å². The molecule has 4 N–H and O–H groups in total. The van der Waals surface area contributed by atoms with Gasteiger partial charge in [0.25, 0.3) is 0 Å². The molecule has 0 saturated carbocycles. The maximum absolute atomic E-state index is 10.3. The van der Waals surface area contributed by atoms with Crippen LogP contribution in [0.25, 0.3) is 0 Å². The van der Waals surface area contributed by atoms with Gasteiger partial charge in [-0.2, -0.15) is 0 Å². The summed E-state index contributed by atoms with van der Waals surface area (Å²) in [6.07, 6.45) is -0.635. The van der Waals surface area contributed by atoms with Gasteiger partial charge in [0.2, 0.25) is 0 Å². The van der Waals surface area contributed by atoms with Gasteiger partial charge in [-0.25, -0.2) is 0 Å². The molecule has 0 aromatic heterocycles. The van der Waals surface area contributed by atoms with Crippen molar-refractivity contribution in [2.45, 2.75) is 31.9 Å². The highest BCUT2D eigenvalue weighted by Gasteiger charge is 2.35. The van der Waals surface area contributed by atoms with Crippen LogP contribution < -0.4 is 5.73 Å². The first-order valence-corrected chi connectivity index (χ1v) is 3.13. The van der Waals surface area contributed by atoms with Crippen LogP contribution in [0.5, 0.6) is 0 Å². The highest BCUT2D eigenvalue weighted by Crippen LogP contribution is 2.09. The average Bonchev–Trinajstić information content (AvgIpc) is 1.86. The summed E-state index contributed by atoms with van der Waals surface area (Å²) >= 11 is 0. The van der Waals surface area contributed by atoms with Crippen molar-refractivity contribution in [1.29, 1.82) is 0 Å². The lowest BCUT2D eigenvalue weighted by Crippen LogP contribution is -2.54. The summed E-state index contributed by atoms with van der Waals surface area (Å²) in [5.41, 5.74) is 3.74. The molecule has 10 heavy (non-hydrogen) atoms. The number of carboxylic acids is 1. The first-order valence-electron chi connectivity index (χ1n) is 3.13. The summed E-state index contributed by atoms with van der Waals surface area (Å²) in [5.74, 6) is -1.18. The predicted octanol–water partition coefficient (Wildman–Crippen LogP) is -0.441. The molecule has 0 bridgehead atoms. The first-order chi connectivity index (χ1) is 4.42. The molecule has 0 heterocycles. The molecule has 0 aromatic rings. The van der Waals surface area contributed by atoms with Crippen molar-refractivity contribution in [3.63, 3.8) is 0 Å². The van der Waals surface area contributed by atoms with Gasteiger partial charge in [-0.3, -0.25) is 4.79 Å². The number of aliphatic hydroxyl groups excluding tert-OH is 1. The third-order valence-corrected chi connectivity index (χ3v) is 1.54. The third-order valence-electron chi connectivity index (χ3n) is 1.54. The fourth-order valence-electron chi connectivity index (χ4n) is 0.567. The van der Waals surface area contributed by atoms with Gasteiger partial charge in [0, 0.05) is 0 Å².